The highest BCUT2D eigenvalue weighted by atomic mass is 16.5. The van der Waals surface area contributed by atoms with Crippen LogP contribution in [0.15, 0.2) is 0 Å². The normalized spacial score (nSPS) is 14.1. The molecule has 0 unspecified atom stereocenters. The van der Waals surface area contributed by atoms with Crippen LogP contribution in [-0.2, 0) is 9.53 Å². The molecule has 0 aliphatic heterocycles. The van der Waals surface area contributed by atoms with Crippen LogP contribution in [0.1, 0.15) is 27.7 Å². The van der Waals surface area contributed by atoms with Crippen molar-refractivity contribution in [1.29, 1.82) is 0 Å². The summed E-state index contributed by atoms with van der Waals surface area (Å²) in [4.78, 5) is 11.4. The van der Waals surface area contributed by atoms with Crippen molar-refractivity contribution in [2.75, 3.05) is 20.3 Å². The largest absolute Gasteiger partial charge is 0.469 e. The number of ether oxygens (including phenoxy) is 1. The molecule has 0 rings (SSSR count). The number of aliphatic hydroxyl groups is 1. The summed E-state index contributed by atoms with van der Waals surface area (Å²) in [5, 5.41) is 12.3. The summed E-state index contributed by atoms with van der Waals surface area (Å²) in [7, 11) is 1.38. The summed E-state index contributed by atoms with van der Waals surface area (Å²) in [6.07, 6.45) is 0. The Morgan fingerprint density at radius 3 is 2.33 bits per heavy atom. The molecule has 15 heavy (non-hydrogen) atoms. The predicted molar refractivity (Wildman–Crippen MR) is 59.5 cm³/mol. The van der Waals surface area contributed by atoms with E-state index in [-0.39, 0.29) is 18.6 Å². The van der Waals surface area contributed by atoms with E-state index in [0.717, 1.165) is 0 Å². The molecule has 2 N–H and O–H groups in total. The van der Waals surface area contributed by atoms with Gasteiger partial charge in [-0.05, 0) is 19.8 Å². The lowest BCUT2D eigenvalue weighted by Crippen LogP contribution is -2.45. The zero-order chi connectivity index (χ0) is 12.1. The molecule has 4 nitrogen and oxygen atoms in total. The second kappa shape index (κ2) is 6.08. The number of nitrogens with one attached hydrogen (secondary N) is 1. The van der Waals surface area contributed by atoms with Gasteiger partial charge >= 0.3 is 5.97 Å². The monoisotopic (exact) mass is 217 g/mol. The lowest BCUT2D eigenvalue weighted by Gasteiger charge is -2.27. The molecular formula is C11H23NO3. The van der Waals surface area contributed by atoms with Gasteiger partial charge in [-0.1, -0.05) is 13.8 Å². The number of hydrogen-bond donors (Lipinski definition) is 2. The van der Waals surface area contributed by atoms with Crippen LogP contribution in [0.2, 0.25) is 0 Å². The quantitative estimate of drug-likeness (QED) is 0.646. The van der Waals surface area contributed by atoms with Crippen LogP contribution in [0.5, 0.6) is 0 Å². The fourth-order valence-corrected chi connectivity index (χ4v) is 1.25. The van der Waals surface area contributed by atoms with E-state index in [1.807, 2.05) is 27.7 Å². The van der Waals surface area contributed by atoms with Crippen LogP contribution in [0.25, 0.3) is 0 Å². The summed E-state index contributed by atoms with van der Waals surface area (Å²) in [5.74, 6) is 0.0962. The molecule has 0 fully saturated rings. The second-order valence-corrected chi connectivity index (χ2v) is 4.79. The fourth-order valence-electron chi connectivity index (χ4n) is 1.25. The van der Waals surface area contributed by atoms with E-state index in [9.17, 15) is 4.79 Å². The molecule has 0 saturated carbocycles. The lowest BCUT2D eigenvalue weighted by molar-refractivity contribution is -0.150. The highest BCUT2D eigenvalue weighted by molar-refractivity contribution is 5.76. The molecule has 0 heterocycles. The van der Waals surface area contributed by atoms with Crippen molar-refractivity contribution in [2.24, 2.45) is 11.3 Å². The number of carbonyl (C=O) groups is 1. The summed E-state index contributed by atoms with van der Waals surface area (Å²) in [6.45, 7) is 8.28. The van der Waals surface area contributed by atoms with Crippen molar-refractivity contribution in [2.45, 2.75) is 33.7 Å². The van der Waals surface area contributed by atoms with Gasteiger partial charge in [-0.25, -0.2) is 0 Å². The molecule has 0 aromatic carbocycles. The molecule has 0 aliphatic carbocycles. The van der Waals surface area contributed by atoms with E-state index >= 15 is 0 Å². The maximum atomic E-state index is 11.4. The summed E-state index contributed by atoms with van der Waals surface area (Å²) in [5.41, 5.74) is -0.558. The first-order valence-electron chi connectivity index (χ1n) is 5.27. The van der Waals surface area contributed by atoms with E-state index in [0.29, 0.717) is 12.5 Å². The molecular weight excluding hydrogens is 194 g/mol. The van der Waals surface area contributed by atoms with Gasteiger partial charge in [-0.2, -0.15) is 0 Å². The van der Waals surface area contributed by atoms with E-state index in [4.69, 9.17) is 9.84 Å². The third-order valence-electron chi connectivity index (χ3n) is 2.55. The number of carbonyl (C=O) groups excluding carboxylic acids is 1. The smallest absolute Gasteiger partial charge is 0.312 e. The summed E-state index contributed by atoms with van der Waals surface area (Å²) >= 11 is 0. The SMILES string of the molecule is COC(=O)C(C)(C)CN[C@H](CO)C(C)C. The molecule has 0 aromatic heterocycles. The maximum absolute atomic E-state index is 11.4. The Labute approximate surface area is 92.0 Å². The Hall–Kier alpha value is -0.610. The standard InChI is InChI=1S/C11H23NO3/c1-8(2)9(6-13)12-7-11(3,4)10(14)15-5/h8-9,12-13H,6-7H2,1-5H3/t9-/m1/s1. The van der Waals surface area contributed by atoms with Gasteiger partial charge in [0.2, 0.25) is 0 Å². The highest BCUT2D eigenvalue weighted by Gasteiger charge is 2.29. The maximum Gasteiger partial charge on any atom is 0.312 e. The molecule has 90 valence electrons. The average molecular weight is 217 g/mol. The van der Waals surface area contributed by atoms with Crippen molar-refractivity contribution in [3.05, 3.63) is 0 Å². The minimum atomic E-state index is -0.558. The van der Waals surface area contributed by atoms with Gasteiger partial charge in [0.1, 0.15) is 0 Å². The second-order valence-electron chi connectivity index (χ2n) is 4.79. The van der Waals surface area contributed by atoms with Gasteiger partial charge in [0.15, 0.2) is 0 Å². The Bertz CT molecular complexity index is 202. The van der Waals surface area contributed by atoms with Crippen LogP contribution >= 0.6 is 0 Å². The number of aliphatic hydroxyl groups excluding tert-OH is 1. The zero-order valence-corrected chi connectivity index (χ0v) is 10.3. The van der Waals surface area contributed by atoms with E-state index in [2.05, 4.69) is 5.32 Å². The number of rotatable bonds is 6. The first-order chi connectivity index (χ1) is 6.85. The number of methoxy groups -OCH3 is 1. The van der Waals surface area contributed by atoms with Crippen molar-refractivity contribution in [1.82, 2.24) is 5.32 Å². The van der Waals surface area contributed by atoms with Crippen LogP contribution in [0, 0.1) is 11.3 Å². The molecule has 0 radical (unpaired) electrons. The molecule has 0 spiro atoms. The fraction of sp³-hybridized carbons (Fsp3) is 0.909. The Kier molecular flexibility index (Phi) is 5.83. The van der Waals surface area contributed by atoms with Crippen molar-refractivity contribution in [3.8, 4) is 0 Å². The highest BCUT2D eigenvalue weighted by Crippen LogP contribution is 2.16. The van der Waals surface area contributed by atoms with Crippen molar-refractivity contribution in [3.63, 3.8) is 0 Å². The third-order valence-corrected chi connectivity index (χ3v) is 2.55. The lowest BCUT2D eigenvalue weighted by atomic mass is 9.92. The summed E-state index contributed by atoms with van der Waals surface area (Å²) in [6, 6.07) is 0.0222. The first-order valence-corrected chi connectivity index (χ1v) is 5.27. The van der Waals surface area contributed by atoms with E-state index in [1.54, 1.807) is 0 Å². The van der Waals surface area contributed by atoms with Crippen LogP contribution in [0.4, 0.5) is 0 Å². The van der Waals surface area contributed by atoms with Gasteiger partial charge in [-0.3, -0.25) is 4.79 Å². The van der Waals surface area contributed by atoms with Gasteiger partial charge < -0.3 is 15.2 Å². The molecule has 1 atom stereocenters. The average Bonchev–Trinajstić information content (AvgIpc) is 2.16. The van der Waals surface area contributed by atoms with Gasteiger partial charge in [0, 0.05) is 12.6 Å². The Morgan fingerprint density at radius 1 is 1.47 bits per heavy atom. The third kappa shape index (κ3) is 4.62. The molecule has 0 saturated heterocycles. The minimum Gasteiger partial charge on any atom is -0.469 e. The number of hydrogen-bond acceptors (Lipinski definition) is 4. The van der Waals surface area contributed by atoms with Gasteiger partial charge in [0.25, 0.3) is 0 Å². The predicted octanol–water partition coefficient (Wildman–Crippen LogP) is 0.792. The van der Waals surface area contributed by atoms with Gasteiger partial charge in [0.05, 0.1) is 19.1 Å². The molecule has 0 amide bonds. The van der Waals surface area contributed by atoms with E-state index < -0.39 is 5.41 Å². The Morgan fingerprint density at radius 2 is 2.00 bits per heavy atom. The van der Waals surface area contributed by atoms with Crippen molar-refractivity contribution < 1.29 is 14.6 Å². The topological polar surface area (TPSA) is 58.6 Å². The van der Waals surface area contributed by atoms with Crippen LogP contribution in [-0.4, -0.2) is 37.4 Å². The molecule has 4 heteroatoms. The molecule has 0 bridgehead atoms. The van der Waals surface area contributed by atoms with E-state index in [1.165, 1.54) is 7.11 Å². The van der Waals surface area contributed by atoms with Crippen molar-refractivity contribution >= 4 is 5.97 Å². The minimum absolute atomic E-state index is 0.0222. The van der Waals surface area contributed by atoms with Crippen LogP contribution in [0.3, 0.4) is 0 Å². The molecule has 0 aromatic rings. The first kappa shape index (κ1) is 14.4. The number of esters is 1. The Balaban J connectivity index is 4.18. The molecule has 0 aliphatic rings. The zero-order valence-electron chi connectivity index (χ0n) is 10.3. The summed E-state index contributed by atoms with van der Waals surface area (Å²) < 4.78 is 4.70. The van der Waals surface area contributed by atoms with Crippen LogP contribution < -0.4 is 5.32 Å². The van der Waals surface area contributed by atoms with Gasteiger partial charge in [-0.15, -0.1) is 0 Å².